The van der Waals surface area contributed by atoms with E-state index in [0.29, 0.717) is 0 Å². The van der Waals surface area contributed by atoms with Crippen molar-refractivity contribution in [2.45, 2.75) is 82.2 Å². The molecule has 0 amide bonds. The number of aryl methyl sites for hydroxylation is 1. The minimum Gasteiger partial charge on any atom is -0.367 e. The Balaban J connectivity index is 1.56. The lowest BCUT2D eigenvalue weighted by atomic mass is 9.77. The third kappa shape index (κ3) is 1.99. The molecule has 4 rings (SSSR count). The average Bonchev–Trinajstić information content (AvgIpc) is 3.19. The summed E-state index contributed by atoms with van der Waals surface area (Å²) in [7, 11) is 0. The lowest BCUT2D eigenvalue weighted by Crippen LogP contribution is -2.40. The molecule has 4 unspecified atom stereocenters. The van der Waals surface area contributed by atoms with Crippen molar-refractivity contribution >= 4 is 0 Å². The van der Waals surface area contributed by atoms with E-state index < -0.39 is 0 Å². The number of rotatable bonds is 4. The minimum atomic E-state index is -0.00641. The Labute approximate surface area is 127 Å². The Bertz CT molecular complexity index is 540. The van der Waals surface area contributed by atoms with Crippen molar-refractivity contribution in [1.29, 1.82) is 0 Å². The van der Waals surface area contributed by atoms with Crippen LogP contribution in [0.4, 0.5) is 0 Å². The van der Waals surface area contributed by atoms with Gasteiger partial charge in [-0.05, 0) is 49.7 Å². The Morgan fingerprint density at radius 3 is 2.86 bits per heavy atom. The molecule has 1 aromatic carbocycles. The molecule has 21 heavy (non-hydrogen) atoms. The summed E-state index contributed by atoms with van der Waals surface area (Å²) in [4.78, 5) is 0. The van der Waals surface area contributed by atoms with Crippen molar-refractivity contribution in [1.82, 2.24) is 0 Å². The minimum absolute atomic E-state index is 0.00641. The van der Waals surface area contributed by atoms with Crippen LogP contribution < -0.4 is 0 Å². The van der Waals surface area contributed by atoms with Crippen molar-refractivity contribution in [3.63, 3.8) is 0 Å². The van der Waals surface area contributed by atoms with Crippen LogP contribution in [0.5, 0.6) is 0 Å². The quantitative estimate of drug-likeness (QED) is 0.807. The molecule has 2 saturated heterocycles. The molecule has 114 valence electrons. The SMILES string of the molecule is CCC12CCC(CC)(O1)C(OC1CCc3ccccc31)C2. The van der Waals surface area contributed by atoms with E-state index in [1.54, 1.807) is 0 Å². The lowest BCUT2D eigenvalue weighted by molar-refractivity contribution is -0.115. The number of hydrogen-bond acceptors (Lipinski definition) is 2. The van der Waals surface area contributed by atoms with Crippen LogP contribution in [0.2, 0.25) is 0 Å². The Morgan fingerprint density at radius 1 is 1.19 bits per heavy atom. The summed E-state index contributed by atoms with van der Waals surface area (Å²) in [6, 6.07) is 8.77. The van der Waals surface area contributed by atoms with Gasteiger partial charge in [-0.25, -0.2) is 0 Å². The van der Waals surface area contributed by atoms with Gasteiger partial charge in [-0.2, -0.15) is 0 Å². The van der Waals surface area contributed by atoms with Gasteiger partial charge in [0.25, 0.3) is 0 Å². The van der Waals surface area contributed by atoms with Crippen LogP contribution in [-0.2, 0) is 15.9 Å². The molecular formula is C19H26O2. The summed E-state index contributed by atoms with van der Waals surface area (Å²) in [5.74, 6) is 0. The number of hydrogen-bond donors (Lipinski definition) is 0. The molecule has 1 aromatic rings. The van der Waals surface area contributed by atoms with E-state index in [1.165, 1.54) is 24.0 Å². The maximum atomic E-state index is 6.63. The highest BCUT2D eigenvalue weighted by Crippen LogP contribution is 2.56. The van der Waals surface area contributed by atoms with Gasteiger partial charge in [-0.15, -0.1) is 0 Å². The number of fused-ring (bicyclic) bond motifs is 3. The van der Waals surface area contributed by atoms with Crippen molar-refractivity contribution in [3.8, 4) is 0 Å². The second-order valence-corrected chi connectivity index (χ2v) is 7.11. The molecule has 2 heterocycles. The number of ether oxygens (including phenoxy) is 2. The Hall–Kier alpha value is -0.860. The normalized spacial score (nSPS) is 40.7. The Morgan fingerprint density at radius 2 is 2.05 bits per heavy atom. The van der Waals surface area contributed by atoms with Crippen molar-refractivity contribution < 1.29 is 9.47 Å². The monoisotopic (exact) mass is 286 g/mol. The maximum Gasteiger partial charge on any atom is 0.0950 e. The van der Waals surface area contributed by atoms with Gasteiger partial charge < -0.3 is 9.47 Å². The summed E-state index contributed by atoms with van der Waals surface area (Å²) in [6.45, 7) is 4.52. The maximum absolute atomic E-state index is 6.63. The third-order valence-electron chi connectivity index (χ3n) is 6.22. The molecule has 1 aliphatic carbocycles. The smallest absolute Gasteiger partial charge is 0.0950 e. The second kappa shape index (κ2) is 4.82. The van der Waals surface area contributed by atoms with Crippen LogP contribution in [0.15, 0.2) is 24.3 Å². The third-order valence-corrected chi connectivity index (χ3v) is 6.22. The topological polar surface area (TPSA) is 18.5 Å². The number of benzene rings is 1. The first-order valence-corrected chi connectivity index (χ1v) is 8.64. The van der Waals surface area contributed by atoms with Crippen LogP contribution >= 0.6 is 0 Å². The molecule has 0 N–H and O–H groups in total. The summed E-state index contributed by atoms with van der Waals surface area (Å²) in [5, 5.41) is 0. The van der Waals surface area contributed by atoms with Gasteiger partial charge in [0.1, 0.15) is 0 Å². The van der Waals surface area contributed by atoms with Crippen molar-refractivity contribution in [3.05, 3.63) is 35.4 Å². The van der Waals surface area contributed by atoms with Crippen LogP contribution in [0.1, 0.15) is 69.6 Å². The molecule has 2 nitrogen and oxygen atoms in total. The predicted molar refractivity (Wildman–Crippen MR) is 83.4 cm³/mol. The molecule has 0 saturated carbocycles. The van der Waals surface area contributed by atoms with E-state index in [1.807, 2.05) is 0 Å². The molecule has 0 radical (unpaired) electrons. The zero-order valence-corrected chi connectivity index (χ0v) is 13.2. The van der Waals surface area contributed by atoms with E-state index in [4.69, 9.17) is 9.47 Å². The molecule has 2 aliphatic heterocycles. The van der Waals surface area contributed by atoms with Crippen LogP contribution in [-0.4, -0.2) is 17.3 Å². The van der Waals surface area contributed by atoms with Gasteiger partial charge in [0.05, 0.1) is 23.4 Å². The van der Waals surface area contributed by atoms with E-state index in [0.717, 1.165) is 32.1 Å². The summed E-state index contributed by atoms with van der Waals surface area (Å²) in [6.07, 6.45) is 8.55. The fourth-order valence-electron chi connectivity index (χ4n) is 4.77. The molecule has 4 atom stereocenters. The van der Waals surface area contributed by atoms with E-state index in [9.17, 15) is 0 Å². The zero-order valence-electron chi connectivity index (χ0n) is 13.2. The molecule has 2 heteroatoms. The summed E-state index contributed by atoms with van der Waals surface area (Å²) >= 11 is 0. The Kier molecular flexibility index (Phi) is 3.16. The molecule has 2 bridgehead atoms. The van der Waals surface area contributed by atoms with E-state index >= 15 is 0 Å². The average molecular weight is 286 g/mol. The van der Waals surface area contributed by atoms with Crippen molar-refractivity contribution in [2.75, 3.05) is 0 Å². The molecule has 0 spiro atoms. The highest BCUT2D eigenvalue weighted by molar-refractivity contribution is 5.33. The first-order valence-electron chi connectivity index (χ1n) is 8.64. The van der Waals surface area contributed by atoms with Crippen LogP contribution in [0.25, 0.3) is 0 Å². The van der Waals surface area contributed by atoms with Gasteiger partial charge in [0.2, 0.25) is 0 Å². The molecule has 2 fully saturated rings. The summed E-state index contributed by atoms with van der Waals surface area (Å²) < 4.78 is 13.2. The van der Waals surface area contributed by atoms with Gasteiger partial charge in [-0.3, -0.25) is 0 Å². The molecule has 0 aromatic heterocycles. The highest BCUT2D eigenvalue weighted by Gasteiger charge is 2.60. The summed E-state index contributed by atoms with van der Waals surface area (Å²) in [5.41, 5.74) is 2.99. The molecular weight excluding hydrogens is 260 g/mol. The zero-order chi connectivity index (χ0) is 14.5. The largest absolute Gasteiger partial charge is 0.367 e. The van der Waals surface area contributed by atoms with Crippen molar-refractivity contribution in [2.24, 2.45) is 0 Å². The second-order valence-electron chi connectivity index (χ2n) is 7.11. The predicted octanol–water partition coefficient (Wildman–Crippen LogP) is 4.57. The fourth-order valence-corrected chi connectivity index (χ4v) is 4.77. The first kappa shape index (κ1) is 13.8. The highest BCUT2D eigenvalue weighted by atomic mass is 16.6. The van der Waals surface area contributed by atoms with Gasteiger partial charge in [-0.1, -0.05) is 38.1 Å². The van der Waals surface area contributed by atoms with Gasteiger partial charge in [0.15, 0.2) is 0 Å². The van der Waals surface area contributed by atoms with E-state index in [-0.39, 0.29) is 23.4 Å². The standard InChI is InChI=1S/C19H26O2/c1-3-18-11-12-19(4-2,21-18)17(13-18)20-16-10-9-14-7-5-6-8-15(14)16/h5-8,16-17H,3-4,9-13H2,1-2H3. The van der Waals surface area contributed by atoms with Crippen LogP contribution in [0, 0.1) is 0 Å². The van der Waals surface area contributed by atoms with Crippen LogP contribution in [0.3, 0.4) is 0 Å². The fraction of sp³-hybridized carbons (Fsp3) is 0.684. The van der Waals surface area contributed by atoms with Gasteiger partial charge >= 0.3 is 0 Å². The van der Waals surface area contributed by atoms with Gasteiger partial charge in [0, 0.05) is 6.42 Å². The molecule has 3 aliphatic rings. The lowest BCUT2D eigenvalue weighted by Gasteiger charge is -2.34. The van der Waals surface area contributed by atoms with E-state index in [2.05, 4.69) is 38.1 Å². The first-order chi connectivity index (χ1) is 10.2.